The van der Waals surface area contributed by atoms with E-state index in [4.69, 9.17) is 10.5 Å². The average molecular weight is 284 g/mol. The summed E-state index contributed by atoms with van der Waals surface area (Å²) in [5.41, 5.74) is 8.78. The molecule has 0 saturated heterocycles. The van der Waals surface area contributed by atoms with Gasteiger partial charge in [0.05, 0.1) is 7.11 Å². The monoisotopic (exact) mass is 284 g/mol. The summed E-state index contributed by atoms with van der Waals surface area (Å²) in [6.45, 7) is 1.12. The molecule has 0 atom stereocenters. The van der Waals surface area contributed by atoms with Crippen LogP contribution in [0.2, 0.25) is 0 Å². The number of aromatic nitrogens is 1. The van der Waals surface area contributed by atoms with Gasteiger partial charge in [-0.3, -0.25) is 0 Å². The number of nitrogens with two attached hydrogens (primary N) is 1. The highest BCUT2D eigenvalue weighted by Gasteiger charge is 2.06. The van der Waals surface area contributed by atoms with E-state index < -0.39 is 0 Å². The van der Waals surface area contributed by atoms with Gasteiger partial charge in [0.25, 0.3) is 0 Å². The second-order valence-electron chi connectivity index (χ2n) is 5.01. The summed E-state index contributed by atoms with van der Waals surface area (Å²) in [6.07, 6.45) is 2.01. The van der Waals surface area contributed by atoms with Gasteiger partial charge in [-0.25, -0.2) is 4.39 Å². The zero-order valence-corrected chi connectivity index (χ0v) is 11.8. The third-order valence-electron chi connectivity index (χ3n) is 3.64. The average Bonchev–Trinajstić information content (AvgIpc) is 2.90. The molecular weight excluding hydrogens is 267 g/mol. The number of hydrogen-bond acceptors (Lipinski definition) is 2. The van der Waals surface area contributed by atoms with Gasteiger partial charge >= 0.3 is 0 Å². The summed E-state index contributed by atoms with van der Waals surface area (Å²) in [5, 5.41) is 1.15. The molecule has 1 heterocycles. The predicted molar refractivity (Wildman–Crippen MR) is 81.9 cm³/mol. The van der Waals surface area contributed by atoms with E-state index in [1.165, 1.54) is 13.2 Å². The van der Waals surface area contributed by atoms with Crippen LogP contribution in [-0.4, -0.2) is 11.7 Å². The minimum atomic E-state index is -0.339. The summed E-state index contributed by atoms with van der Waals surface area (Å²) in [4.78, 5) is 0. The number of fused-ring (bicyclic) bond motifs is 1. The van der Waals surface area contributed by atoms with E-state index in [0.29, 0.717) is 13.1 Å². The summed E-state index contributed by atoms with van der Waals surface area (Å²) < 4.78 is 20.8. The van der Waals surface area contributed by atoms with Gasteiger partial charge in [-0.1, -0.05) is 18.2 Å². The molecule has 3 rings (SSSR count). The Morgan fingerprint density at radius 1 is 1.10 bits per heavy atom. The lowest BCUT2D eigenvalue weighted by molar-refractivity contribution is 0.386. The first-order valence-corrected chi connectivity index (χ1v) is 6.81. The highest BCUT2D eigenvalue weighted by atomic mass is 19.1. The van der Waals surface area contributed by atoms with Crippen molar-refractivity contribution < 1.29 is 9.13 Å². The van der Waals surface area contributed by atoms with E-state index in [9.17, 15) is 4.39 Å². The molecule has 108 valence electrons. The summed E-state index contributed by atoms with van der Waals surface area (Å²) >= 11 is 0. The Bertz CT molecular complexity index is 780. The second kappa shape index (κ2) is 5.58. The third-order valence-corrected chi connectivity index (χ3v) is 3.64. The molecule has 0 bridgehead atoms. The fraction of sp³-hybridized carbons (Fsp3) is 0.176. The molecule has 0 saturated carbocycles. The van der Waals surface area contributed by atoms with Gasteiger partial charge in [-0.2, -0.15) is 0 Å². The van der Waals surface area contributed by atoms with Crippen LogP contribution in [0.4, 0.5) is 4.39 Å². The van der Waals surface area contributed by atoms with Crippen LogP contribution in [0.5, 0.6) is 5.75 Å². The molecule has 0 aliphatic carbocycles. The molecule has 2 aromatic carbocycles. The topological polar surface area (TPSA) is 40.2 Å². The molecule has 3 aromatic rings. The van der Waals surface area contributed by atoms with Crippen molar-refractivity contribution in [3.05, 3.63) is 65.6 Å². The van der Waals surface area contributed by atoms with Crippen LogP contribution in [-0.2, 0) is 13.1 Å². The van der Waals surface area contributed by atoms with Crippen molar-refractivity contribution in [2.24, 2.45) is 5.73 Å². The molecule has 1 aromatic heterocycles. The number of nitrogens with zero attached hydrogens (tertiary/aromatic N) is 1. The fourth-order valence-corrected chi connectivity index (χ4v) is 2.50. The smallest absolute Gasteiger partial charge is 0.165 e. The Hall–Kier alpha value is -2.33. The lowest BCUT2D eigenvalue weighted by Gasteiger charge is -2.08. The van der Waals surface area contributed by atoms with Crippen LogP contribution in [0.25, 0.3) is 10.9 Å². The minimum absolute atomic E-state index is 0.265. The van der Waals surface area contributed by atoms with Gasteiger partial charge in [-0.15, -0.1) is 0 Å². The minimum Gasteiger partial charge on any atom is -0.494 e. The Morgan fingerprint density at radius 3 is 2.62 bits per heavy atom. The van der Waals surface area contributed by atoms with Crippen LogP contribution in [0.1, 0.15) is 11.1 Å². The van der Waals surface area contributed by atoms with Crippen molar-refractivity contribution in [2.45, 2.75) is 13.1 Å². The van der Waals surface area contributed by atoms with E-state index in [1.807, 2.05) is 18.3 Å². The number of methoxy groups -OCH3 is 1. The first-order chi connectivity index (χ1) is 10.2. The first-order valence-electron chi connectivity index (χ1n) is 6.81. The third kappa shape index (κ3) is 2.62. The predicted octanol–water partition coefficient (Wildman–Crippen LogP) is 3.30. The normalized spacial score (nSPS) is 11.0. The van der Waals surface area contributed by atoms with Crippen molar-refractivity contribution in [2.75, 3.05) is 7.11 Å². The Kier molecular flexibility index (Phi) is 3.62. The lowest BCUT2D eigenvalue weighted by atomic mass is 10.1. The zero-order valence-electron chi connectivity index (χ0n) is 11.8. The van der Waals surface area contributed by atoms with Gasteiger partial charge in [-0.05, 0) is 40.8 Å². The van der Waals surface area contributed by atoms with Crippen molar-refractivity contribution in [3.8, 4) is 5.75 Å². The molecule has 2 N–H and O–H groups in total. The van der Waals surface area contributed by atoms with Crippen LogP contribution >= 0.6 is 0 Å². The van der Waals surface area contributed by atoms with E-state index in [2.05, 4.69) is 22.8 Å². The molecule has 0 radical (unpaired) electrons. The second-order valence-corrected chi connectivity index (χ2v) is 5.01. The van der Waals surface area contributed by atoms with Gasteiger partial charge in [0.2, 0.25) is 0 Å². The molecular formula is C17H17FN2O. The molecule has 0 fully saturated rings. The lowest BCUT2D eigenvalue weighted by Crippen LogP contribution is -2.01. The van der Waals surface area contributed by atoms with Crippen LogP contribution in [0.15, 0.2) is 48.7 Å². The number of hydrogen-bond donors (Lipinski definition) is 1. The molecule has 0 spiro atoms. The largest absolute Gasteiger partial charge is 0.494 e. The van der Waals surface area contributed by atoms with Gasteiger partial charge in [0.15, 0.2) is 11.6 Å². The standard InChI is InChI=1S/C17H17FN2O/c1-21-17-5-3-13(8-15(17)18)11-20-7-6-14-4-2-12(10-19)9-16(14)20/h2-9H,10-11,19H2,1H3. The van der Waals surface area contributed by atoms with Crippen molar-refractivity contribution in [3.63, 3.8) is 0 Å². The fourth-order valence-electron chi connectivity index (χ4n) is 2.50. The van der Waals surface area contributed by atoms with E-state index in [-0.39, 0.29) is 11.6 Å². The maximum Gasteiger partial charge on any atom is 0.165 e. The Balaban J connectivity index is 1.96. The van der Waals surface area contributed by atoms with E-state index >= 15 is 0 Å². The highest BCUT2D eigenvalue weighted by Crippen LogP contribution is 2.21. The van der Waals surface area contributed by atoms with E-state index in [0.717, 1.165) is 22.0 Å². The number of rotatable bonds is 4. The van der Waals surface area contributed by atoms with Crippen molar-refractivity contribution in [1.82, 2.24) is 4.57 Å². The summed E-state index contributed by atoms with van der Waals surface area (Å²) in [6, 6.07) is 13.3. The Morgan fingerprint density at radius 2 is 1.90 bits per heavy atom. The first kappa shape index (κ1) is 13.6. The molecule has 0 aliphatic rings. The van der Waals surface area contributed by atoms with Crippen LogP contribution < -0.4 is 10.5 Å². The van der Waals surface area contributed by atoms with Crippen LogP contribution in [0.3, 0.4) is 0 Å². The Labute approximate surface area is 122 Å². The van der Waals surface area contributed by atoms with Gasteiger partial charge < -0.3 is 15.0 Å². The highest BCUT2D eigenvalue weighted by molar-refractivity contribution is 5.81. The molecule has 0 unspecified atom stereocenters. The van der Waals surface area contributed by atoms with Crippen molar-refractivity contribution >= 4 is 10.9 Å². The molecule has 3 nitrogen and oxygen atoms in total. The maximum atomic E-state index is 13.8. The summed E-state index contributed by atoms with van der Waals surface area (Å²) in [7, 11) is 1.46. The molecule has 0 aliphatic heterocycles. The van der Waals surface area contributed by atoms with Crippen molar-refractivity contribution in [1.29, 1.82) is 0 Å². The van der Waals surface area contributed by atoms with Crippen LogP contribution in [0, 0.1) is 5.82 Å². The summed E-state index contributed by atoms with van der Waals surface area (Å²) in [5.74, 6) is -0.0735. The molecule has 0 amide bonds. The zero-order chi connectivity index (χ0) is 14.8. The number of halogens is 1. The molecule has 4 heteroatoms. The molecule has 21 heavy (non-hydrogen) atoms. The van der Waals surface area contributed by atoms with Gasteiger partial charge in [0.1, 0.15) is 0 Å². The number of ether oxygens (including phenoxy) is 1. The number of benzene rings is 2. The maximum absolute atomic E-state index is 13.8. The van der Waals surface area contributed by atoms with E-state index in [1.54, 1.807) is 6.07 Å². The SMILES string of the molecule is COc1ccc(Cn2ccc3ccc(CN)cc32)cc1F. The van der Waals surface area contributed by atoms with Gasteiger partial charge in [0, 0.05) is 24.8 Å². The quantitative estimate of drug-likeness (QED) is 0.798.